The summed E-state index contributed by atoms with van der Waals surface area (Å²) in [5.74, 6) is -6.27. The molecular weight excluding hydrogens is 686 g/mol. The van der Waals surface area contributed by atoms with Crippen molar-refractivity contribution in [3.05, 3.63) is 76.7 Å². The van der Waals surface area contributed by atoms with Crippen LogP contribution >= 0.6 is 27.3 Å². The summed E-state index contributed by atoms with van der Waals surface area (Å²) >= 11 is 4.37. The highest BCUT2D eigenvalue weighted by molar-refractivity contribution is 9.10. The van der Waals surface area contributed by atoms with E-state index < -0.39 is 60.5 Å². The number of fused-ring (bicyclic) bond motifs is 1. The molecule has 0 saturated carbocycles. The van der Waals surface area contributed by atoms with E-state index >= 15 is 8.78 Å². The zero-order chi connectivity index (χ0) is 31.6. The largest absolute Gasteiger partial charge is 0.487 e. The number of alkyl halides is 5. The Kier molecular flexibility index (Phi) is 8.88. The smallest absolute Gasteiger partial charge is 0.408 e. The molecule has 17 heteroatoms. The highest BCUT2D eigenvalue weighted by Crippen LogP contribution is 2.46. The predicted octanol–water partition coefficient (Wildman–Crippen LogP) is 7.29. The van der Waals surface area contributed by atoms with E-state index in [9.17, 15) is 22.4 Å². The van der Waals surface area contributed by atoms with Gasteiger partial charge in [-0.05, 0) is 47.1 Å². The normalized spacial score (nSPS) is 12.8. The molecule has 0 aliphatic heterocycles. The zero-order valence-corrected chi connectivity index (χ0v) is 24.7. The first kappa shape index (κ1) is 31.3. The molecule has 0 N–H and O–H groups in total. The van der Waals surface area contributed by atoms with E-state index in [0.29, 0.717) is 9.56 Å². The molecule has 9 nitrogen and oxygen atoms in total. The molecule has 0 radical (unpaired) electrons. The van der Waals surface area contributed by atoms with Crippen molar-refractivity contribution < 1.29 is 49.8 Å². The van der Waals surface area contributed by atoms with Crippen LogP contribution in [0.25, 0.3) is 20.9 Å². The topological polar surface area (TPSA) is 102 Å². The molecule has 0 aliphatic rings. The highest BCUT2D eigenvalue weighted by atomic mass is 79.9. The highest BCUT2D eigenvalue weighted by Gasteiger charge is 2.51. The number of hydrogen-bond donors (Lipinski definition) is 0. The van der Waals surface area contributed by atoms with Crippen molar-refractivity contribution in [2.24, 2.45) is 0 Å². The van der Waals surface area contributed by atoms with Crippen LogP contribution in [0.3, 0.4) is 0 Å². The number of rotatable bonds is 11. The molecule has 0 saturated heterocycles. The minimum atomic E-state index is -4.57. The van der Waals surface area contributed by atoms with Gasteiger partial charge < -0.3 is 18.6 Å². The van der Waals surface area contributed by atoms with Gasteiger partial charge in [-0.2, -0.15) is 31.4 Å². The van der Waals surface area contributed by atoms with Crippen molar-refractivity contribution in [1.82, 2.24) is 19.7 Å². The van der Waals surface area contributed by atoms with Gasteiger partial charge in [0.1, 0.15) is 35.8 Å². The van der Waals surface area contributed by atoms with Crippen molar-refractivity contribution >= 4 is 43.5 Å². The molecule has 5 rings (SSSR count). The number of aromatic nitrogens is 4. The van der Waals surface area contributed by atoms with E-state index in [-0.39, 0.29) is 32.8 Å². The summed E-state index contributed by atoms with van der Waals surface area (Å²) in [7, 11) is 0. The third-order valence-corrected chi connectivity index (χ3v) is 8.17. The zero-order valence-electron chi connectivity index (χ0n) is 22.3. The van der Waals surface area contributed by atoms with E-state index in [4.69, 9.17) is 18.6 Å². The lowest BCUT2D eigenvalue weighted by molar-refractivity contribution is -0.174. The Labute approximate surface area is 256 Å². The molecule has 1 aromatic carbocycles. The van der Waals surface area contributed by atoms with Gasteiger partial charge in [0.05, 0.1) is 32.6 Å². The maximum atomic E-state index is 16.3. The summed E-state index contributed by atoms with van der Waals surface area (Å²) < 4.78 is 107. The Morgan fingerprint density at radius 2 is 1.89 bits per heavy atom. The number of hydrogen-bond acceptors (Lipinski definition) is 9. The maximum absolute atomic E-state index is 16.3. The fraction of sp³-hybridized carbons (Fsp3) is 0.259. The third-order valence-electron chi connectivity index (χ3n) is 6.01. The van der Waals surface area contributed by atoms with Crippen LogP contribution in [0.2, 0.25) is 0 Å². The van der Waals surface area contributed by atoms with Crippen molar-refractivity contribution in [2.75, 3.05) is 6.61 Å². The minimum absolute atomic E-state index is 0.0310. The van der Waals surface area contributed by atoms with Crippen LogP contribution in [-0.2, 0) is 28.6 Å². The predicted molar refractivity (Wildman–Crippen MR) is 147 cm³/mol. The van der Waals surface area contributed by atoms with Gasteiger partial charge >= 0.3 is 18.1 Å². The second-order valence-electron chi connectivity index (χ2n) is 8.96. The molecule has 0 amide bonds. The monoisotopic (exact) mass is 704 g/mol. The number of carbonyl (C=O) groups excluding carboxylic acids is 1. The number of esters is 1. The summed E-state index contributed by atoms with van der Waals surface area (Å²) in [5.41, 5.74) is -0.835. The Balaban J connectivity index is 1.49. The lowest BCUT2D eigenvalue weighted by atomic mass is 10.0. The molecule has 0 bridgehead atoms. The number of para-hydroxylation sites is 1. The number of thiophene rings is 1. The van der Waals surface area contributed by atoms with Gasteiger partial charge in [0.25, 0.3) is 12.1 Å². The number of benzene rings is 1. The maximum Gasteiger partial charge on any atom is 0.408 e. The molecule has 44 heavy (non-hydrogen) atoms. The third kappa shape index (κ3) is 6.52. The van der Waals surface area contributed by atoms with Crippen LogP contribution in [0.1, 0.15) is 18.2 Å². The van der Waals surface area contributed by atoms with Crippen LogP contribution < -0.4 is 9.47 Å². The molecule has 0 fully saturated rings. The number of halogens is 7. The Bertz CT molecular complexity index is 1790. The number of carbonyl (C=O) groups is 1. The van der Waals surface area contributed by atoms with E-state index in [2.05, 4.69) is 31.0 Å². The van der Waals surface area contributed by atoms with Crippen LogP contribution in [0.15, 0.2) is 63.9 Å². The first-order valence-corrected chi connectivity index (χ1v) is 14.2. The quantitative estimate of drug-likeness (QED) is 0.104. The van der Waals surface area contributed by atoms with Gasteiger partial charge in [-0.1, -0.05) is 12.1 Å². The summed E-state index contributed by atoms with van der Waals surface area (Å²) in [6, 6.07) is 7.65. The summed E-state index contributed by atoms with van der Waals surface area (Å²) in [6.45, 7) is -0.789. The van der Waals surface area contributed by atoms with Crippen molar-refractivity contribution in [3.63, 3.8) is 0 Å². The van der Waals surface area contributed by atoms with Crippen LogP contribution in [0.4, 0.5) is 26.3 Å². The molecule has 0 unspecified atom stereocenters. The van der Waals surface area contributed by atoms with Crippen molar-refractivity contribution in [3.8, 4) is 22.3 Å². The second-order valence-corrected chi connectivity index (χ2v) is 10.8. The molecule has 0 spiro atoms. The molecule has 0 aliphatic carbocycles. The average molecular weight is 705 g/mol. The number of ether oxygens (including phenoxy) is 3. The Hall–Kier alpha value is -4.12. The number of nitrogens with zero attached hydrogens (tertiary/aromatic N) is 4. The van der Waals surface area contributed by atoms with Crippen LogP contribution in [-0.4, -0.2) is 44.6 Å². The fourth-order valence-corrected chi connectivity index (χ4v) is 6.03. The van der Waals surface area contributed by atoms with Gasteiger partial charge in [0.15, 0.2) is 0 Å². The van der Waals surface area contributed by atoms with E-state index in [1.54, 1.807) is 0 Å². The van der Waals surface area contributed by atoms with Gasteiger partial charge in [-0.3, -0.25) is 4.68 Å². The van der Waals surface area contributed by atoms with E-state index in [1.807, 2.05) is 0 Å². The average Bonchev–Trinajstić information content (AvgIpc) is 3.68. The molecular formula is C27H19BrF6N4O5S. The molecule has 232 valence electrons. The molecule has 1 atom stereocenters. The van der Waals surface area contributed by atoms with Gasteiger partial charge in [-0.25, -0.2) is 14.8 Å². The lowest BCUT2D eigenvalue weighted by Gasteiger charge is -2.27. The Morgan fingerprint density at radius 1 is 1.11 bits per heavy atom. The number of furan rings is 1. The standard InChI is InChI=1S/C27H19BrF6N4O5S/c1-2-40-25(39)22(43-23-19-20(28)21(17-7-8-18(29)42-17)44-24(19)36-13-35-23)27(33,34)15-5-3-4-6-16(15)41-11-14-9-10-37-38(14)12-26(30,31)32/h3-10,13,22H,2,11-12H2,1H3/t22-/m1/s1. The summed E-state index contributed by atoms with van der Waals surface area (Å²) in [6.07, 6.45) is -5.02. The second kappa shape index (κ2) is 12.5. The molecule has 4 heterocycles. The lowest BCUT2D eigenvalue weighted by Crippen LogP contribution is -2.44. The van der Waals surface area contributed by atoms with Crippen LogP contribution in [0, 0.1) is 6.01 Å². The van der Waals surface area contributed by atoms with Crippen molar-refractivity contribution in [1.29, 1.82) is 0 Å². The molecule has 5 aromatic rings. The SMILES string of the molecule is CCOC(=O)[C@@H](Oc1ncnc2sc(-c3ccc(F)o3)c(Br)c12)C(F)(F)c1ccccc1OCc1ccnn1CC(F)(F)F. The molecule has 4 aromatic heterocycles. The van der Waals surface area contributed by atoms with Crippen LogP contribution in [0.5, 0.6) is 11.6 Å². The van der Waals surface area contributed by atoms with E-state index in [0.717, 1.165) is 36.0 Å². The van der Waals surface area contributed by atoms with Gasteiger partial charge in [-0.15, -0.1) is 11.3 Å². The minimum Gasteiger partial charge on any atom is -0.487 e. The van der Waals surface area contributed by atoms with Crippen molar-refractivity contribution in [2.45, 2.75) is 38.3 Å². The first-order valence-electron chi connectivity index (χ1n) is 12.6. The van der Waals surface area contributed by atoms with E-state index in [1.165, 1.54) is 37.3 Å². The summed E-state index contributed by atoms with van der Waals surface area (Å²) in [4.78, 5) is 21.6. The van der Waals surface area contributed by atoms with Gasteiger partial charge in [0.2, 0.25) is 5.88 Å². The first-order chi connectivity index (χ1) is 20.9. The summed E-state index contributed by atoms with van der Waals surface area (Å²) in [5, 5.41) is 3.71. The van der Waals surface area contributed by atoms with Gasteiger partial charge in [0, 0.05) is 12.3 Å². The Morgan fingerprint density at radius 3 is 2.59 bits per heavy atom. The fourth-order valence-electron chi connectivity index (χ4n) is 4.11.